The van der Waals surface area contributed by atoms with Crippen molar-refractivity contribution in [2.75, 3.05) is 6.61 Å². The molecule has 3 rings (SSSR count). The van der Waals surface area contributed by atoms with Crippen molar-refractivity contribution in [1.29, 1.82) is 0 Å². The molecule has 1 saturated carbocycles. The number of carbonyl (C=O) groups is 1. The SMILES string of the molecule is O=C(CO)c1cnc(CC2(c3ccccc3Cl)CC2)nc1. The van der Waals surface area contributed by atoms with Crippen LogP contribution in [-0.2, 0) is 11.8 Å². The van der Waals surface area contributed by atoms with E-state index in [0.29, 0.717) is 17.8 Å². The van der Waals surface area contributed by atoms with Crippen LogP contribution in [0.4, 0.5) is 0 Å². The van der Waals surface area contributed by atoms with Crippen molar-refractivity contribution in [2.45, 2.75) is 24.7 Å². The monoisotopic (exact) mass is 302 g/mol. The summed E-state index contributed by atoms with van der Waals surface area (Å²) in [6, 6.07) is 7.87. The second-order valence-corrected chi connectivity index (χ2v) is 5.81. The molecule has 5 heteroatoms. The Balaban J connectivity index is 1.81. The lowest BCUT2D eigenvalue weighted by Gasteiger charge is -2.16. The van der Waals surface area contributed by atoms with E-state index < -0.39 is 6.61 Å². The highest BCUT2D eigenvalue weighted by Gasteiger charge is 2.46. The number of halogens is 1. The number of ketones is 1. The van der Waals surface area contributed by atoms with Crippen molar-refractivity contribution in [3.05, 3.63) is 58.6 Å². The fraction of sp³-hybridized carbons (Fsp3) is 0.312. The van der Waals surface area contributed by atoms with E-state index in [2.05, 4.69) is 16.0 Å². The van der Waals surface area contributed by atoms with Gasteiger partial charge in [0.15, 0.2) is 5.78 Å². The van der Waals surface area contributed by atoms with Crippen molar-refractivity contribution in [1.82, 2.24) is 9.97 Å². The molecule has 1 aromatic heterocycles. The minimum absolute atomic E-state index is 0.0286. The Morgan fingerprint density at radius 1 is 1.24 bits per heavy atom. The summed E-state index contributed by atoms with van der Waals surface area (Å²) in [6.45, 7) is -0.522. The number of benzene rings is 1. The Morgan fingerprint density at radius 2 is 1.90 bits per heavy atom. The summed E-state index contributed by atoms with van der Waals surface area (Å²) in [4.78, 5) is 19.8. The molecule has 1 heterocycles. The largest absolute Gasteiger partial charge is 0.388 e. The third kappa shape index (κ3) is 2.82. The van der Waals surface area contributed by atoms with Crippen LogP contribution >= 0.6 is 11.6 Å². The van der Waals surface area contributed by atoms with E-state index >= 15 is 0 Å². The minimum Gasteiger partial charge on any atom is -0.388 e. The molecule has 0 bridgehead atoms. The zero-order chi connectivity index (χ0) is 14.9. The van der Waals surface area contributed by atoms with Gasteiger partial charge in [-0.3, -0.25) is 4.79 Å². The predicted molar refractivity (Wildman–Crippen MR) is 79.5 cm³/mol. The summed E-state index contributed by atoms with van der Waals surface area (Å²) in [7, 11) is 0. The van der Waals surface area contributed by atoms with Crippen LogP contribution in [0.2, 0.25) is 5.02 Å². The van der Waals surface area contributed by atoms with Gasteiger partial charge in [-0.1, -0.05) is 29.8 Å². The molecule has 4 nitrogen and oxygen atoms in total. The molecule has 0 amide bonds. The minimum atomic E-state index is -0.522. The van der Waals surface area contributed by atoms with Gasteiger partial charge in [-0.25, -0.2) is 9.97 Å². The fourth-order valence-electron chi connectivity index (χ4n) is 2.57. The highest BCUT2D eigenvalue weighted by molar-refractivity contribution is 6.31. The van der Waals surface area contributed by atoms with E-state index in [0.717, 1.165) is 23.4 Å². The summed E-state index contributed by atoms with van der Waals surface area (Å²) < 4.78 is 0. The molecular weight excluding hydrogens is 288 g/mol. The molecule has 0 spiro atoms. The molecule has 0 aliphatic heterocycles. The molecule has 0 unspecified atom stereocenters. The zero-order valence-corrected chi connectivity index (χ0v) is 12.2. The fourth-order valence-corrected chi connectivity index (χ4v) is 2.90. The lowest BCUT2D eigenvalue weighted by atomic mass is 9.92. The van der Waals surface area contributed by atoms with E-state index in [1.54, 1.807) is 0 Å². The van der Waals surface area contributed by atoms with Gasteiger partial charge in [-0.2, -0.15) is 0 Å². The molecule has 21 heavy (non-hydrogen) atoms. The first-order chi connectivity index (χ1) is 10.1. The molecule has 0 atom stereocenters. The maximum absolute atomic E-state index is 11.3. The lowest BCUT2D eigenvalue weighted by molar-refractivity contribution is 0.0903. The maximum Gasteiger partial charge on any atom is 0.191 e. The van der Waals surface area contributed by atoms with Gasteiger partial charge in [0.2, 0.25) is 0 Å². The zero-order valence-electron chi connectivity index (χ0n) is 11.4. The topological polar surface area (TPSA) is 63.1 Å². The quantitative estimate of drug-likeness (QED) is 0.862. The third-order valence-corrected chi connectivity index (χ3v) is 4.30. The number of hydrogen-bond acceptors (Lipinski definition) is 4. The number of aliphatic hydroxyl groups excluding tert-OH is 1. The number of rotatable bonds is 5. The third-order valence-electron chi connectivity index (χ3n) is 3.97. The van der Waals surface area contributed by atoms with Crippen LogP contribution in [0, 0.1) is 0 Å². The Bertz CT molecular complexity index is 666. The van der Waals surface area contributed by atoms with Crippen LogP contribution in [0.15, 0.2) is 36.7 Å². The van der Waals surface area contributed by atoms with Crippen molar-refractivity contribution in [2.24, 2.45) is 0 Å². The summed E-state index contributed by atoms with van der Waals surface area (Å²) in [5.41, 5.74) is 1.51. The highest BCUT2D eigenvalue weighted by Crippen LogP contribution is 2.52. The van der Waals surface area contributed by atoms with Crippen molar-refractivity contribution >= 4 is 17.4 Å². The molecule has 1 aliphatic rings. The Kier molecular flexibility index (Phi) is 3.74. The van der Waals surface area contributed by atoms with Gasteiger partial charge in [0, 0.05) is 29.3 Å². The molecule has 1 N–H and O–H groups in total. The smallest absolute Gasteiger partial charge is 0.191 e. The van der Waals surface area contributed by atoms with Crippen LogP contribution in [0.3, 0.4) is 0 Å². The van der Waals surface area contributed by atoms with Gasteiger partial charge in [0.25, 0.3) is 0 Å². The Labute approximate surface area is 127 Å². The highest BCUT2D eigenvalue weighted by atomic mass is 35.5. The molecule has 2 aromatic rings. The number of Topliss-reactive ketones (excluding diaryl/α,β-unsaturated/α-hetero) is 1. The first kappa shape index (κ1) is 14.2. The predicted octanol–water partition coefficient (Wildman–Crippen LogP) is 2.58. The number of hydrogen-bond donors (Lipinski definition) is 1. The standard InChI is InChI=1S/C16H15ClN2O2/c17-13-4-2-1-3-12(13)16(5-6-16)7-15-18-8-11(9-19-15)14(21)10-20/h1-4,8-9,20H,5-7,10H2. The summed E-state index contributed by atoms with van der Waals surface area (Å²) >= 11 is 6.29. The van der Waals surface area contributed by atoms with E-state index in [4.69, 9.17) is 16.7 Å². The first-order valence-corrected chi connectivity index (χ1v) is 7.22. The van der Waals surface area contributed by atoms with Gasteiger partial charge in [-0.05, 0) is 24.5 Å². The average molecular weight is 303 g/mol. The van der Waals surface area contributed by atoms with Crippen molar-refractivity contribution < 1.29 is 9.90 Å². The molecule has 1 fully saturated rings. The Morgan fingerprint density at radius 3 is 2.48 bits per heavy atom. The van der Waals surface area contributed by atoms with E-state index in [-0.39, 0.29) is 11.2 Å². The van der Waals surface area contributed by atoms with Crippen LogP contribution in [0.25, 0.3) is 0 Å². The van der Waals surface area contributed by atoms with Gasteiger partial charge < -0.3 is 5.11 Å². The van der Waals surface area contributed by atoms with Crippen LogP contribution in [0.5, 0.6) is 0 Å². The van der Waals surface area contributed by atoms with E-state index in [9.17, 15) is 4.79 Å². The number of aromatic nitrogens is 2. The van der Waals surface area contributed by atoms with Gasteiger partial charge in [0.1, 0.15) is 12.4 Å². The first-order valence-electron chi connectivity index (χ1n) is 6.85. The summed E-state index contributed by atoms with van der Waals surface area (Å²) in [5.74, 6) is 0.329. The van der Waals surface area contributed by atoms with E-state index in [1.165, 1.54) is 12.4 Å². The van der Waals surface area contributed by atoms with Crippen molar-refractivity contribution in [3.63, 3.8) is 0 Å². The second kappa shape index (κ2) is 5.54. The molecule has 1 aliphatic carbocycles. The molecule has 0 saturated heterocycles. The van der Waals surface area contributed by atoms with Crippen molar-refractivity contribution in [3.8, 4) is 0 Å². The molecule has 0 radical (unpaired) electrons. The average Bonchev–Trinajstić information content (AvgIpc) is 3.28. The number of aliphatic hydroxyl groups is 1. The number of nitrogens with zero attached hydrogens (tertiary/aromatic N) is 2. The molecule has 108 valence electrons. The van der Waals surface area contributed by atoms with Crippen LogP contribution < -0.4 is 0 Å². The van der Waals surface area contributed by atoms with Gasteiger partial charge >= 0.3 is 0 Å². The molecular formula is C16H15ClN2O2. The van der Waals surface area contributed by atoms with Crippen LogP contribution in [-0.4, -0.2) is 27.5 Å². The number of carbonyl (C=O) groups excluding carboxylic acids is 1. The van der Waals surface area contributed by atoms with Gasteiger partial charge in [-0.15, -0.1) is 0 Å². The van der Waals surface area contributed by atoms with E-state index in [1.807, 2.05) is 18.2 Å². The summed E-state index contributed by atoms with van der Waals surface area (Å²) in [6.07, 6.45) is 5.80. The normalized spacial score (nSPS) is 15.7. The summed E-state index contributed by atoms with van der Waals surface area (Å²) in [5, 5.41) is 9.59. The molecule has 1 aromatic carbocycles. The Hall–Kier alpha value is -1.78. The van der Waals surface area contributed by atoms with Crippen LogP contribution in [0.1, 0.15) is 34.6 Å². The lowest BCUT2D eigenvalue weighted by Crippen LogP contribution is -2.14. The second-order valence-electron chi connectivity index (χ2n) is 5.41. The van der Waals surface area contributed by atoms with Gasteiger partial charge in [0.05, 0.1) is 5.56 Å². The maximum atomic E-state index is 11.3.